The number of carbonyl (C=O) groups is 2. The van der Waals surface area contributed by atoms with E-state index in [-0.39, 0.29) is 24.0 Å². The number of anilines is 1. The Morgan fingerprint density at radius 2 is 1.88 bits per heavy atom. The summed E-state index contributed by atoms with van der Waals surface area (Å²) < 4.78 is 17.0. The Bertz CT molecular complexity index is 1030. The van der Waals surface area contributed by atoms with E-state index in [4.69, 9.17) is 14.2 Å². The van der Waals surface area contributed by atoms with Gasteiger partial charge in [0.1, 0.15) is 11.5 Å². The van der Waals surface area contributed by atoms with E-state index in [1.165, 1.54) is 19.4 Å². The minimum absolute atomic E-state index is 0.122. The molecular weight excluding hydrogens is 406 g/mol. The van der Waals surface area contributed by atoms with Crippen LogP contribution in [0.25, 0.3) is 0 Å². The van der Waals surface area contributed by atoms with E-state index in [9.17, 15) is 9.59 Å². The van der Waals surface area contributed by atoms with Gasteiger partial charge in [-0.15, -0.1) is 6.58 Å². The summed E-state index contributed by atoms with van der Waals surface area (Å²) in [5, 5.41) is 0. The van der Waals surface area contributed by atoms with Gasteiger partial charge in [0.25, 0.3) is 0 Å². The number of esters is 2. The van der Waals surface area contributed by atoms with Crippen LogP contribution in [-0.2, 0) is 19.1 Å². The average molecular weight is 436 g/mol. The van der Waals surface area contributed by atoms with E-state index in [2.05, 4.69) is 18.4 Å². The van der Waals surface area contributed by atoms with Gasteiger partial charge in [0.2, 0.25) is 0 Å². The number of benzene rings is 1. The molecule has 2 unspecified atom stereocenters. The maximum atomic E-state index is 12.0. The smallest absolute Gasteiger partial charge is 0.308 e. The van der Waals surface area contributed by atoms with E-state index in [1.807, 2.05) is 24.4 Å². The second-order valence-corrected chi connectivity index (χ2v) is 8.48. The molecule has 2 heterocycles. The second kappa shape index (κ2) is 9.07. The Morgan fingerprint density at radius 3 is 2.53 bits per heavy atom. The van der Waals surface area contributed by atoms with Gasteiger partial charge in [0.15, 0.2) is 5.76 Å². The molecule has 0 radical (unpaired) electrons. The fourth-order valence-corrected chi connectivity index (χ4v) is 4.80. The van der Waals surface area contributed by atoms with E-state index in [0.29, 0.717) is 11.5 Å². The van der Waals surface area contributed by atoms with Gasteiger partial charge in [-0.25, -0.2) is 0 Å². The number of fused-ring (bicyclic) bond motifs is 1. The summed E-state index contributed by atoms with van der Waals surface area (Å²) in [6.45, 7) is 9.58. The summed E-state index contributed by atoms with van der Waals surface area (Å²) in [4.78, 5) is 25.4. The molecule has 4 rings (SSSR count). The SMILES string of the molecule is C=CCC1CN(c2ccc(OC(C)=O)cc2)C=C(OC(C)=O)C2=C1CCC1=C2CC(C)O1. The van der Waals surface area contributed by atoms with Crippen LogP contribution in [-0.4, -0.2) is 24.6 Å². The molecule has 0 fully saturated rings. The van der Waals surface area contributed by atoms with Crippen molar-refractivity contribution in [1.29, 1.82) is 0 Å². The molecule has 2 atom stereocenters. The van der Waals surface area contributed by atoms with Gasteiger partial charge in [-0.2, -0.15) is 0 Å². The van der Waals surface area contributed by atoms with Crippen molar-refractivity contribution >= 4 is 17.6 Å². The number of allylic oxidation sites excluding steroid dienone is 3. The van der Waals surface area contributed by atoms with E-state index < -0.39 is 0 Å². The summed E-state index contributed by atoms with van der Waals surface area (Å²) in [6.07, 6.45) is 7.36. The Balaban J connectivity index is 1.77. The molecule has 3 aliphatic rings. The van der Waals surface area contributed by atoms with Crippen LogP contribution in [0.4, 0.5) is 5.69 Å². The molecule has 1 aliphatic carbocycles. The normalized spacial score (nSPS) is 22.3. The fourth-order valence-electron chi connectivity index (χ4n) is 4.80. The molecule has 1 aromatic rings. The highest BCUT2D eigenvalue weighted by atomic mass is 16.5. The van der Waals surface area contributed by atoms with Gasteiger partial charge in [-0.1, -0.05) is 11.6 Å². The number of rotatable bonds is 5. The first-order chi connectivity index (χ1) is 15.4. The summed E-state index contributed by atoms with van der Waals surface area (Å²) in [6, 6.07) is 7.34. The number of carbonyl (C=O) groups excluding carboxylic acids is 2. The number of hydrogen-bond acceptors (Lipinski definition) is 6. The highest BCUT2D eigenvalue weighted by molar-refractivity contribution is 5.71. The van der Waals surface area contributed by atoms with Gasteiger partial charge in [0, 0.05) is 62.2 Å². The molecule has 0 amide bonds. The number of hydrogen-bond donors (Lipinski definition) is 0. The summed E-state index contributed by atoms with van der Waals surface area (Å²) in [5.74, 6) is 1.59. The maximum absolute atomic E-state index is 12.0. The predicted molar refractivity (Wildman–Crippen MR) is 122 cm³/mol. The van der Waals surface area contributed by atoms with Crippen LogP contribution in [0.5, 0.6) is 5.75 Å². The first-order valence-electron chi connectivity index (χ1n) is 11.0. The molecule has 168 valence electrons. The molecule has 6 heteroatoms. The quantitative estimate of drug-likeness (QED) is 0.361. The summed E-state index contributed by atoms with van der Waals surface area (Å²) >= 11 is 0. The molecule has 6 nitrogen and oxygen atoms in total. The average Bonchev–Trinajstić information content (AvgIpc) is 3.04. The van der Waals surface area contributed by atoms with E-state index >= 15 is 0 Å². The summed E-state index contributed by atoms with van der Waals surface area (Å²) in [7, 11) is 0. The lowest BCUT2D eigenvalue weighted by molar-refractivity contribution is -0.136. The Kier molecular flexibility index (Phi) is 6.21. The zero-order valence-corrected chi connectivity index (χ0v) is 18.8. The standard InChI is InChI=1S/C26H29NO5/c1-5-6-19-14-27(20-7-9-21(10-8-20)31-17(3)28)15-25(32-18(4)29)26-22(19)11-12-24-23(26)13-16(2)30-24/h5,7-10,15-16,19H,1,6,11-14H2,2-4H3. The van der Waals surface area contributed by atoms with Crippen molar-refractivity contribution in [1.82, 2.24) is 0 Å². The van der Waals surface area contributed by atoms with Gasteiger partial charge >= 0.3 is 11.9 Å². The third-order valence-corrected chi connectivity index (χ3v) is 5.98. The highest BCUT2D eigenvalue weighted by Crippen LogP contribution is 2.47. The van der Waals surface area contributed by atoms with Crippen LogP contribution in [0, 0.1) is 5.92 Å². The molecule has 32 heavy (non-hydrogen) atoms. The fraction of sp³-hybridized carbons (Fsp3) is 0.385. The van der Waals surface area contributed by atoms with Crippen LogP contribution in [0.15, 0.2) is 71.4 Å². The van der Waals surface area contributed by atoms with Crippen LogP contribution in [0.2, 0.25) is 0 Å². The van der Waals surface area contributed by atoms with Gasteiger partial charge < -0.3 is 19.1 Å². The van der Waals surface area contributed by atoms with Gasteiger partial charge in [0.05, 0.1) is 6.10 Å². The third kappa shape index (κ3) is 4.49. The maximum Gasteiger partial charge on any atom is 0.308 e. The molecule has 2 aliphatic heterocycles. The topological polar surface area (TPSA) is 65.1 Å². The van der Waals surface area contributed by atoms with Crippen LogP contribution in [0.1, 0.15) is 46.5 Å². The Morgan fingerprint density at radius 1 is 1.16 bits per heavy atom. The number of ether oxygens (including phenoxy) is 3. The minimum atomic E-state index is -0.357. The molecular formula is C26H29NO5. The molecule has 1 aromatic carbocycles. The summed E-state index contributed by atoms with van der Waals surface area (Å²) in [5.41, 5.74) is 4.40. The first-order valence-corrected chi connectivity index (χ1v) is 11.0. The van der Waals surface area contributed by atoms with Gasteiger partial charge in [-0.3, -0.25) is 9.59 Å². The van der Waals surface area contributed by atoms with Crippen molar-refractivity contribution < 1.29 is 23.8 Å². The van der Waals surface area contributed by atoms with Gasteiger partial charge in [-0.05, 0) is 44.0 Å². The van der Waals surface area contributed by atoms with Crippen LogP contribution in [0.3, 0.4) is 0 Å². The minimum Gasteiger partial charge on any atom is -0.494 e. The molecule has 0 spiro atoms. The lowest BCUT2D eigenvalue weighted by Crippen LogP contribution is -2.25. The van der Waals surface area contributed by atoms with Crippen molar-refractivity contribution in [3.8, 4) is 5.75 Å². The zero-order valence-electron chi connectivity index (χ0n) is 18.8. The van der Waals surface area contributed by atoms with Crippen molar-refractivity contribution in [2.75, 3.05) is 11.4 Å². The monoisotopic (exact) mass is 435 g/mol. The van der Waals surface area contributed by atoms with Crippen LogP contribution >= 0.6 is 0 Å². The van der Waals surface area contributed by atoms with Crippen molar-refractivity contribution in [2.45, 2.75) is 52.6 Å². The Hall–Kier alpha value is -3.28. The molecule has 0 aromatic heterocycles. The molecule has 0 N–H and O–H groups in total. The van der Waals surface area contributed by atoms with Crippen LogP contribution < -0.4 is 9.64 Å². The predicted octanol–water partition coefficient (Wildman–Crippen LogP) is 5.18. The van der Waals surface area contributed by atoms with Crippen molar-refractivity contribution in [2.24, 2.45) is 5.92 Å². The molecule has 0 saturated carbocycles. The first kappa shape index (κ1) is 21.9. The Labute approximate surface area is 188 Å². The number of nitrogens with zero attached hydrogens (tertiary/aromatic N) is 1. The lowest BCUT2D eigenvalue weighted by atomic mass is 9.80. The van der Waals surface area contributed by atoms with E-state index in [0.717, 1.165) is 54.8 Å². The zero-order chi connectivity index (χ0) is 22.8. The molecule has 0 saturated heterocycles. The van der Waals surface area contributed by atoms with Crippen molar-refractivity contribution in [3.05, 3.63) is 71.4 Å². The molecule has 0 bridgehead atoms. The largest absolute Gasteiger partial charge is 0.494 e. The third-order valence-electron chi connectivity index (χ3n) is 5.98. The lowest BCUT2D eigenvalue weighted by Gasteiger charge is -2.28. The van der Waals surface area contributed by atoms with Crippen molar-refractivity contribution in [3.63, 3.8) is 0 Å². The van der Waals surface area contributed by atoms with E-state index in [1.54, 1.807) is 12.1 Å². The highest BCUT2D eigenvalue weighted by Gasteiger charge is 2.37. The second-order valence-electron chi connectivity index (χ2n) is 8.48.